The Morgan fingerprint density at radius 2 is 2.05 bits per heavy atom. The van der Waals surface area contributed by atoms with Crippen molar-refractivity contribution in [2.24, 2.45) is 0 Å². The zero-order valence-corrected chi connectivity index (χ0v) is 13.5. The molecule has 0 amide bonds. The molecule has 1 unspecified atom stereocenters. The molecular weight excluding hydrogens is 301 g/mol. The van der Waals surface area contributed by atoms with E-state index in [9.17, 15) is 4.39 Å². The molecule has 2 aromatic carbocycles. The van der Waals surface area contributed by atoms with Crippen LogP contribution in [-0.2, 0) is 6.54 Å². The predicted octanol–water partition coefficient (Wildman–Crippen LogP) is 4.46. The molecule has 3 rings (SSSR count). The van der Waals surface area contributed by atoms with E-state index in [0.717, 1.165) is 30.8 Å². The van der Waals surface area contributed by atoms with Crippen LogP contribution in [0.1, 0.15) is 29.0 Å². The summed E-state index contributed by atoms with van der Waals surface area (Å²) in [5.74, 6) is 0.722. The van der Waals surface area contributed by atoms with Crippen molar-refractivity contribution < 1.29 is 9.13 Å². The average molecular weight is 320 g/mol. The Bertz CT molecular complexity index is 689. The fourth-order valence-electron chi connectivity index (χ4n) is 3.14. The van der Waals surface area contributed by atoms with Gasteiger partial charge in [0.25, 0.3) is 0 Å². The molecule has 22 heavy (non-hydrogen) atoms. The van der Waals surface area contributed by atoms with Crippen molar-refractivity contribution in [2.45, 2.75) is 18.9 Å². The highest BCUT2D eigenvalue weighted by Crippen LogP contribution is 2.36. The van der Waals surface area contributed by atoms with E-state index in [1.54, 1.807) is 13.2 Å². The first-order chi connectivity index (χ1) is 10.6. The summed E-state index contributed by atoms with van der Waals surface area (Å²) in [6.07, 6.45) is 0.984. The van der Waals surface area contributed by atoms with E-state index in [-0.39, 0.29) is 16.8 Å². The van der Waals surface area contributed by atoms with Gasteiger partial charge < -0.3 is 9.64 Å². The van der Waals surface area contributed by atoms with Gasteiger partial charge in [0.15, 0.2) is 0 Å². The number of rotatable bonds is 2. The van der Waals surface area contributed by atoms with Gasteiger partial charge in [-0.3, -0.25) is 0 Å². The first-order valence-electron chi connectivity index (χ1n) is 7.39. The van der Waals surface area contributed by atoms with Crippen LogP contribution in [0.5, 0.6) is 5.75 Å². The van der Waals surface area contributed by atoms with Gasteiger partial charge >= 0.3 is 0 Å². The number of benzene rings is 2. The minimum atomic E-state index is -0.369. The van der Waals surface area contributed by atoms with Crippen molar-refractivity contribution in [3.8, 4) is 5.75 Å². The van der Waals surface area contributed by atoms with Crippen molar-refractivity contribution >= 4 is 11.6 Å². The zero-order chi connectivity index (χ0) is 15.7. The van der Waals surface area contributed by atoms with Gasteiger partial charge in [-0.1, -0.05) is 23.7 Å². The molecule has 0 aromatic heterocycles. The maximum absolute atomic E-state index is 13.4. The van der Waals surface area contributed by atoms with Crippen LogP contribution in [0.2, 0.25) is 5.02 Å². The molecule has 2 aromatic rings. The van der Waals surface area contributed by atoms with Gasteiger partial charge in [-0.15, -0.1) is 0 Å². The van der Waals surface area contributed by atoms with E-state index >= 15 is 0 Å². The highest BCUT2D eigenvalue weighted by atomic mass is 35.5. The van der Waals surface area contributed by atoms with Gasteiger partial charge in [-0.25, -0.2) is 4.39 Å². The van der Waals surface area contributed by atoms with Crippen LogP contribution in [0.4, 0.5) is 4.39 Å². The lowest BCUT2D eigenvalue weighted by Gasteiger charge is -2.19. The van der Waals surface area contributed by atoms with E-state index in [4.69, 9.17) is 16.3 Å². The topological polar surface area (TPSA) is 12.5 Å². The molecule has 0 N–H and O–H groups in total. The van der Waals surface area contributed by atoms with Crippen molar-refractivity contribution in [1.29, 1.82) is 0 Å². The first-order valence-corrected chi connectivity index (χ1v) is 7.76. The highest BCUT2D eigenvalue weighted by molar-refractivity contribution is 6.30. The SMILES string of the molecule is COc1ccc2c(c1)CN(C)CCC2c1ccc(F)c(Cl)c1. The molecule has 0 saturated heterocycles. The largest absolute Gasteiger partial charge is 0.497 e. The Morgan fingerprint density at radius 1 is 1.23 bits per heavy atom. The molecule has 0 radical (unpaired) electrons. The van der Waals surface area contributed by atoms with Crippen molar-refractivity contribution in [3.05, 3.63) is 63.9 Å². The summed E-state index contributed by atoms with van der Waals surface area (Å²) in [4.78, 5) is 2.30. The fraction of sp³-hybridized carbons (Fsp3) is 0.333. The van der Waals surface area contributed by atoms with Crippen molar-refractivity contribution in [3.63, 3.8) is 0 Å². The van der Waals surface area contributed by atoms with Crippen LogP contribution in [0.25, 0.3) is 0 Å². The monoisotopic (exact) mass is 319 g/mol. The third kappa shape index (κ3) is 2.96. The zero-order valence-electron chi connectivity index (χ0n) is 12.8. The molecule has 116 valence electrons. The van der Waals surface area contributed by atoms with Crippen LogP contribution in [0.15, 0.2) is 36.4 Å². The number of ether oxygens (including phenoxy) is 1. The number of hydrogen-bond acceptors (Lipinski definition) is 2. The van der Waals surface area contributed by atoms with E-state index in [1.165, 1.54) is 17.2 Å². The molecule has 0 saturated carbocycles. The second-order valence-electron chi connectivity index (χ2n) is 5.82. The molecule has 0 fully saturated rings. The number of hydrogen-bond donors (Lipinski definition) is 0. The van der Waals surface area contributed by atoms with Crippen LogP contribution >= 0.6 is 11.6 Å². The summed E-state index contributed by atoms with van der Waals surface area (Å²) < 4.78 is 18.8. The van der Waals surface area contributed by atoms with Crippen LogP contribution in [0.3, 0.4) is 0 Å². The maximum Gasteiger partial charge on any atom is 0.141 e. The molecule has 1 aliphatic rings. The lowest BCUT2D eigenvalue weighted by molar-refractivity contribution is 0.327. The smallest absolute Gasteiger partial charge is 0.141 e. The molecule has 2 nitrogen and oxygen atoms in total. The van der Waals surface area contributed by atoms with Crippen molar-refractivity contribution in [2.75, 3.05) is 20.7 Å². The number of fused-ring (bicyclic) bond motifs is 1. The van der Waals surface area contributed by atoms with Gasteiger partial charge in [0.1, 0.15) is 11.6 Å². The summed E-state index contributed by atoms with van der Waals surface area (Å²) in [6.45, 7) is 1.87. The Labute approximate surface area is 135 Å². The predicted molar refractivity (Wildman–Crippen MR) is 87.2 cm³/mol. The number of halogens is 2. The summed E-state index contributed by atoms with van der Waals surface area (Å²) in [7, 11) is 3.79. The van der Waals surface area contributed by atoms with E-state index in [0.29, 0.717) is 0 Å². The summed E-state index contributed by atoms with van der Waals surface area (Å²) in [5, 5.41) is 0.185. The molecule has 1 heterocycles. The second kappa shape index (κ2) is 6.27. The summed E-state index contributed by atoms with van der Waals surface area (Å²) in [5.41, 5.74) is 3.59. The highest BCUT2D eigenvalue weighted by Gasteiger charge is 2.23. The third-order valence-corrected chi connectivity index (χ3v) is 4.60. The molecule has 4 heteroatoms. The van der Waals surface area contributed by atoms with Gasteiger partial charge in [0.05, 0.1) is 12.1 Å². The van der Waals surface area contributed by atoms with E-state index < -0.39 is 0 Å². The Kier molecular flexibility index (Phi) is 4.37. The molecule has 0 bridgehead atoms. The summed E-state index contributed by atoms with van der Waals surface area (Å²) in [6, 6.07) is 11.2. The van der Waals surface area contributed by atoms with Crippen LogP contribution in [-0.4, -0.2) is 25.6 Å². The van der Waals surface area contributed by atoms with Crippen LogP contribution in [0, 0.1) is 5.82 Å². The molecule has 0 aliphatic carbocycles. The van der Waals surface area contributed by atoms with Gasteiger partial charge in [0.2, 0.25) is 0 Å². The summed E-state index contributed by atoms with van der Waals surface area (Å²) >= 11 is 5.97. The normalized spacial score (nSPS) is 18.6. The second-order valence-corrected chi connectivity index (χ2v) is 6.22. The first kappa shape index (κ1) is 15.3. The average Bonchev–Trinajstić information content (AvgIpc) is 2.67. The quantitative estimate of drug-likeness (QED) is 0.810. The fourth-order valence-corrected chi connectivity index (χ4v) is 3.33. The Morgan fingerprint density at radius 3 is 2.77 bits per heavy atom. The molecular formula is C18H19ClFNO. The Hall–Kier alpha value is -1.58. The Balaban J connectivity index is 2.07. The van der Waals surface area contributed by atoms with Crippen LogP contribution < -0.4 is 4.74 Å². The minimum absolute atomic E-state index is 0.185. The lowest BCUT2D eigenvalue weighted by atomic mass is 9.86. The van der Waals surface area contributed by atoms with E-state index in [2.05, 4.69) is 24.1 Å². The molecule has 1 aliphatic heterocycles. The van der Waals surface area contributed by atoms with E-state index in [1.807, 2.05) is 12.1 Å². The number of nitrogens with zero attached hydrogens (tertiary/aromatic N) is 1. The van der Waals surface area contributed by atoms with Gasteiger partial charge in [-0.2, -0.15) is 0 Å². The van der Waals surface area contributed by atoms with Crippen molar-refractivity contribution in [1.82, 2.24) is 4.90 Å². The third-order valence-electron chi connectivity index (χ3n) is 4.31. The lowest BCUT2D eigenvalue weighted by Crippen LogP contribution is -2.17. The standard InChI is InChI=1S/C18H19ClFNO/c1-21-8-7-16(12-3-6-18(20)17(19)10-12)15-5-4-14(22-2)9-13(15)11-21/h3-6,9-10,16H,7-8,11H2,1-2H3. The maximum atomic E-state index is 13.4. The van der Waals surface area contributed by atoms with Gasteiger partial charge in [-0.05, 0) is 61.0 Å². The number of methoxy groups -OCH3 is 1. The molecule has 0 spiro atoms. The minimum Gasteiger partial charge on any atom is -0.497 e. The van der Waals surface area contributed by atoms with Gasteiger partial charge in [0, 0.05) is 12.5 Å². The molecule has 1 atom stereocenters.